The van der Waals surface area contributed by atoms with Gasteiger partial charge < -0.3 is 10.2 Å². The number of amides is 2. The maximum Gasteiger partial charge on any atom is 0.237 e. The number of benzene rings is 1. The van der Waals surface area contributed by atoms with Gasteiger partial charge in [-0.15, -0.1) is 11.8 Å². The van der Waals surface area contributed by atoms with Crippen LogP contribution in [-0.4, -0.2) is 30.2 Å². The van der Waals surface area contributed by atoms with Crippen molar-refractivity contribution >= 4 is 29.3 Å². The molecule has 0 aromatic heterocycles. The zero-order valence-electron chi connectivity index (χ0n) is 14.1. The highest BCUT2D eigenvalue weighted by Gasteiger charge is 2.25. The summed E-state index contributed by atoms with van der Waals surface area (Å²) in [6.07, 6.45) is 8.87. The molecule has 0 atom stereocenters. The Hall–Kier alpha value is -1.49. The molecule has 0 spiro atoms. The predicted molar refractivity (Wildman–Crippen MR) is 98.4 cm³/mol. The van der Waals surface area contributed by atoms with E-state index in [4.69, 9.17) is 0 Å². The topological polar surface area (TPSA) is 49.4 Å². The molecule has 130 valence electrons. The molecule has 2 amide bonds. The Kier molecular flexibility index (Phi) is 6.18. The first-order valence-electron chi connectivity index (χ1n) is 9.05. The van der Waals surface area contributed by atoms with Crippen LogP contribution in [0.15, 0.2) is 29.2 Å². The molecular formula is C19H26N2O2S. The maximum atomic E-state index is 12.3. The molecule has 2 aliphatic rings. The van der Waals surface area contributed by atoms with Crippen LogP contribution in [0.4, 0.5) is 5.69 Å². The van der Waals surface area contributed by atoms with Crippen LogP contribution in [0.2, 0.25) is 0 Å². The summed E-state index contributed by atoms with van der Waals surface area (Å²) in [6.45, 7) is 0.467. The average molecular weight is 346 g/mol. The molecule has 1 saturated carbocycles. The zero-order valence-corrected chi connectivity index (χ0v) is 14.9. The van der Waals surface area contributed by atoms with Gasteiger partial charge in [0.25, 0.3) is 0 Å². The molecule has 1 fully saturated rings. The lowest BCUT2D eigenvalue weighted by Gasteiger charge is -2.29. The molecule has 1 aromatic rings. The first-order chi connectivity index (χ1) is 11.7. The lowest BCUT2D eigenvalue weighted by molar-refractivity contribution is -0.121. The Balaban J connectivity index is 1.53. The average Bonchev–Trinajstić information content (AvgIpc) is 2.56. The van der Waals surface area contributed by atoms with Gasteiger partial charge in [-0.05, 0) is 25.0 Å². The predicted octanol–water partition coefficient (Wildman–Crippen LogP) is 3.74. The fourth-order valence-corrected chi connectivity index (χ4v) is 4.45. The molecule has 24 heavy (non-hydrogen) atoms. The quantitative estimate of drug-likeness (QED) is 0.903. The normalized spacial score (nSPS) is 19.3. The molecule has 5 heteroatoms. The van der Waals surface area contributed by atoms with Crippen LogP contribution >= 0.6 is 11.8 Å². The van der Waals surface area contributed by atoms with E-state index in [-0.39, 0.29) is 11.8 Å². The number of fused-ring (bicyclic) bond motifs is 1. The van der Waals surface area contributed by atoms with Crippen molar-refractivity contribution in [2.45, 2.75) is 62.3 Å². The fraction of sp³-hybridized carbons (Fsp3) is 0.579. The summed E-state index contributed by atoms with van der Waals surface area (Å²) in [7, 11) is 0. The summed E-state index contributed by atoms with van der Waals surface area (Å²) in [6, 6.07) is 8.25. The van der Waals surface area contributed by atoms with Crippen molar-refractivity contribution in [2.24, 2.45) is 0 Å². The summed E-state index contributed by atoms with van der Waals surface area (Å²) >= 11 is 1.58. The summed E-state index contributed by atoms with van der Waals surface area (Å²) in [4.78, 5) is 27.4. The monoisotopic (exact) mass is 346 g/mol. The van der Waals surface area contributed by atoms with E-state index in [0.717, 1.165) is 23.4 Å². The van der Waals surface area contributed by atoms with Crippen LogP contribution < -0.4 is 10.2 Å². The number of nitrogens with one attached hydrogen (secondary N) is 1. The molecule has 0 unspecified atom stereocenters. The van der Waals surface area contributed by atoms with Crippen LogP contribution in [0.5, 0.6) is 0 Å². The van der Waals surface area contributed by atoms with Gasteiger partial charge in [-0.1, -0.05) is 44.2 Å². The summed E-state index contributed by atoms with van der Waals surface area (Å²) in [5, 5.41) is 3.18. The molecule has 1 aliphatic heterocycles. The molecule has 3 rings (SSSR count). The first-order valence-corrected chi connectivity index (χ1v) is 10.0. The van der Waals surface area contributed by atoms with Crippen molar-refractivity contribution in [1.29, 1.82) is 0 Å². The van der Waals surface area contributed by atoms with E-state index < -0.39 is 0 Å². The van der Waals surface area contributed by atoms with E-state index in [2.05, 4.69) is 5.32 Å². The third kappa shape index (κ3) is 4.53. The van der Waals surface area contributed by atoms with E-state index in [1.165, 1.54) is 32.1 Å². The second kappa shape index (κ2) is 8.56. The number of para-hydroxylation sites is 1. The van der Waals surface area contributed by atoms with Crippen molar-refractivity contribution in [1.82, 2.24) is 5.32 Å². The van der Waals surface area contributed by atoms with Gasteiger partial charge in [0.2, 0.25) is 11.8 Å². The van der Waals surface area contributed by atoms with Crippen molar-refractivity contribution in [3.05, 3.63) is 24.3 Å². The van der Waals surface area contributed by atoms with Gasteiger partial charge >= 0.3 is 0 Å². The molecule has 1 aliphatic carbocycles. The Morgan fingerprint density at radius 1 is 1.12 bits per heavy atom. The van der Waals surface area contributed by atoms with Crippen molar-refractivity contribution in [3.8, 4) is 0 Å². The Labute approximate surface area is 148 Å². The van der Waals surface area contributed by atoms with Crippen LogP contribution in [-0.2, 0) is 9.59 Å². The van der Waals surface area contributed by atoms with Gasteiger partial charge in [0.15, 0.2) is 0 Å². The maximum absolute atomic E-state index is 12.3. The molecular weight excluding hydrogens is 320 g/mol. The third-order valence-corrected chi connectivity index (χ3v) is 5.89. The fourth-order valence-electron chi connectivity index (χ4n) is 3.51. The lowest BCUT2D eigenvalue weighted by atomic mass is 9.96. The van der Waals surface area contributed by atoms with Crippen molar-refractivity contribution < 1.29 is 9.59 Å². The minimum Gasteiger partial charge on any atom is -0.353 e. The number of rotatable bonds is 4. The van der Waals surface area contributed by atoms with E-state index in [1.807, 2.05) is 24.3 Å². The van der Waals surface area contributed by atoms with Crippen molar-refractivity contribution in [2.75, 3.05) is 17.2 Å². The van der Waals surface area contributed by atoms with Crippen LogP contribution in [0.25, 0.3) is 0 Å². The van der Waals surface area contributed by atoms with Crippen molar-refractivity contribution in [3.63, 3.8) is 0 Å². The Bertz CT molecular complexity index is 582. The number of hydrogen-bond donors (Lipinski definition) is 1. The number of carbonyl (C=O) groups excluding carboxylic acids is 2. The molecule has 1 N–H and O–H groups in total. The van der Waals surface area contributed by atoms with Gasteiger partial charge in [0.1, 0.15) is 0 Å². The standard InChI is InChI=1S/C19H26N2O2S/c22-18(20-15-8-4-2-1-3-5-9-15)12-13-21-16-10-6-7-11-17(16)24-14-19(21)23/h6-7,10-11,15H,1-5,8-9,12-14H2,(H,20,22). The van der Waals surface area contributed by atoms with Gasteiger partial charge in [-0.3, -0.25) is 9.59 Å². The molecule has 4 nitrogen and oxygen atoms in total. The zero-order chi connectivity index (χ0) is 16.8. The minimum absolute atomic E-state index is 0.0732. The van der Waals surface area contributed by atoms with Gasteiger partial charge in [0, 0.05) is 23.9 Å². The first kappa shape index (κ1) is 17.3. The molecule has 1 aromatic carbocycles. The lowest BCUT2D eigenvalue weighted by Crippen LogP contribution is -2.40. The van der Waals surface area contributed by atoms with Crippen LogP contribution in [0.1, 0.15) is 51.4 Å². The van der Waals surface area contributed by atoms with Gasteiger partial charge in [0.05, 0.1) is 11.4 Å². The molecule has 0 bridgehead atoms. The number of anilines is 1. The smallest absolute Gasteiger partial charge is 0.237 e. The number of nitrogens with zero attached hydrogens (tertiary/aromatic N) is 1. The Morgan fingerprint density at radius 2 is 1.83 bits per heavy atom. The third-order valence-electron chi connectivity index (χ3n) is 4.84. The van der Waals surface area contributed by atoms with E-state index in [9.17, 15) is 9.59 Å². The largest absolute Gasteiger partial charge is 0.353 e. The number of thioether (sulfide) groups is 1. The second-order valence-corrected chi connectivity index (χ2v) is 7.68. The highest BCUT2D eigenvalue weighted by molar-refractivity contribution is 8.00. The Morgan fingerprint density at radius 3 is 2.62 bits per heavy atom. The van der Waals surface area contributed by atoms with Crippen LogP contribution in [0.3, 0.4) is 0 Å². The highest BCUT2D eigenvalue weighted by Crippen LogP contribution is 2.34. The minimum atomic E-state index is 0.0732. The van der Waals surface area contributed by atoms with Gasteiger partial charge in [-0.25, -0.2) is 0 Å². The summed E-state index contributed by atoms with van der Waals surface area (Å²) in [5.74, 6) is 0.628. The van der Waals surface area contributed by atoms with Gasteiger partial charge in [-0.2, -0.15) is 0 Å². The summed E-state index contributed by atoms with van der Waals surface area (Å²) < 4.78 is 0. The van der Waals surface area contributed by atoms with Crippen LogP contribution in [0, 0.1) is 0 Å². The summed E-state index contributed by atoms with van der Waals surface area (Å²) in [5.41, 5.74) is 0.942. The van der Waals surface area contributed by atoms with E-state index in [0.29, 0.717) is 24.8 Å². The number of hydrogen-bond acceptors (Lipinski definition) is 3. The molecule has 0 saturated heterocycles. The van der Waals surface area contributed by atoms with E-state index >= 15 is 0 Å². The second-order valence-electron chi connectivity index (χ2n) is 6.66. The number of carbonyl (C=O) groups is 2. The highest BCUT2D eigenvalue weighted by atomic mass is 32.2. The van der Waals surface area contributed by atoms with E-state index in [1.54, 1.807) is 16.7 Å². The SMILES string of the molecule is O=C(CCN1C(=O)CSc2ccccc21)NC1CCCCCCC1. The molecule has 1 heterocycles. The molecule has 0 radical (unpaired) electrons.